The normalized spacial score (nSPS) is 10.0. The number of hydrazine groups is 1. The molecule has 1 aromatic carbocycles. The third-order valence-corrected chi connectivity index (χ3v) is 2.62. The topological polar surface area (TPSA) is 54.3 Å². The van der Waals surface area contributed by atoms with Crippen molar-refractivity contribution in [3.05, 3.63) is 65.9 Å². The third-order valence-electron chi connectivity index (χ3n) is 2.62. The molecule has 0 aliphatic rings. The van der Waals surface area contributed by atoms with Crippen LogP contribution in [0.3, 0.4) is 0 Å². The summed E-state index contributed by atoms with van der Waals surface area (Å²) in [6.07, 6.45) is 1.44. The molecule has 2 rings (SSSR count). The summed E-state index contributed by atoms with van der Waals surface area (Å²) < 4.78 is 17.8. The van der Waals surface area contributed by atoms with Crippen molar-refractivity contribution in [2.24, 2.45) is 0 Å². The second kappa shape index (κ2) is 5.39. The van der Waals surface area contributed by atoms with E-state index in [9.17, 15) is 9.18 Å². The Morgan fingerprint density at radius 3 is 2.47 bits per heavy atom. The van der Waals surface area contributed by atoms with E-state index < -0.39 is 0 Å². The van der Waals surface area contributed by atoms with Gasteiger partial charge in [-0.05, 0) is 42.8 Å². The highest BCUT2D eigenvalue weighted by Crippen LogP contribution is 2.10. The summed E-state index contributed by atoms with van der Waals surface area (Å²) in [7, 11) is 0. The van der Waals surface area contributed by atoms with Crippen LogP contribution in [0.4, 0.5) is 4.39 Å². The van der Waals surface area contributed by atoms with Crippen LogP contribution >= 0.6 is 0 Å². The smallest absolute Gasteiger partial charge is 0.273 e. The molecular formula is C14H13FN2O2. The molecule has 5 heteroatoms. The molecule has 1 heterocycles. The Labute approximate surface area is 109 Å². The Bertz CT molecular complexity index is 602. The molecule has 19 heavy (non-hydrogen) atoms. The fourth-order valence-corrected chi connectivity index (χ4v) is 1.54. The molecule has 0 aliphatic heterocycles. The van der Waals surface area contributed by atoms with Crippen LogP contribution in [-0.4, -0.2) is 5.91 Å². The molecule has 4 nitrogen and oxygen atoms in total. The van der Waals surface area contributed by atoms with E-state index in [-0.39, 0.29) is 11.7 Å². The Hall–Kier alpha value is -2.56. The van der Waals surface area contributed by atoms with Crippen LogP contribution in [0.5, 0.6) is 0 Å². The highest BCUT2D eigenvalue weighted by molar-refractivity contribution is 5.95. The molecule has 98 valence electrons. The number of aryl methyl sites for hydroxylation is 1. The largest absolute Gasteiger partial charge is 0.469 e. The number of hydrogen-bond acceptors (Lipinski definition) is 3. The van der Waals surface area contributed by atoms with E-state index in [1.807, 2.05) is 0 Å². The van der Waals surface area contributed by atoms with E-state index in [0.717, 1.165) is 0 Å². The predicted octanol–water partition coefficient (Wildman–Crippen LogP) is 2.63. The molecule has 2 N–H and O–H groups in total. The van der Waals surface area contributed by atoms with E-state index in [0.29, 0.717) is 22.6 Å². The highest BCUT2D eigenvalue weighted by Gasteiger charge is 2.11. The van der Waals surface area contributed by atoms with Crippen molar-refractivity contribution < 1.29 is 13.6 Å². The first-order chi connectivity index (χ1) is 9.08. The second-order valence-corrected chi connectivity index (χ2v) is 3.96. The molecular weight excluding hydrogens is 247 g/mol. The van der Waals surface area contributed by atoms with Gasteiger partial charge in [0.25, 0.3) is 5.91 Å². The first kappa shape index (κ1) is 12.9. The zero-order valence-electron chi connectivity index (χ0n) is 10.4. The van der Waals surface area contributed by atoms with Crippen LogP contribution in [0.15, 0.2) is 47.6 Å². The SMILES string of the molecule is C=C(NNC(=O)c1ccoc1C)c1ccc(F)cc1. The number of carbonyl (C=O) groups excluding carboxylic acids is 1. The van der Waals surface area contributed by atoms with E-state index in [4.69, 9.17) is 4.42 Å². The van der Waals surface area contributed by atoms with Crippen molar-refractivity contribution in [2.75, 3.05) is 0 Å². The number of benzene rings is 1. The minimum absolute atomic E-state index is 0.324. The Balaban J connectivity index is 1.96. The van der Waals surface area contributed by atoms with Gasteiger partial charge in [0.05, 0.1) is 17.5 Å². The molecule has 0 fully saturated rings. The van der Waals surface area contributed by atoms with E-state index in [1.165, 1.54) is 18.4 Å². The predicted molar refractivity (Wildman–Crippen MR) is 69.5 cm³/mol. The minimum atomic E-state index is -0.325. The number of carbonyl (C=O) groups is 1. The summed E-state index contributed by atoms with van der Waals surface area (Å²) in [6, 6.07) is 7.36. The van der Waals surface area contributed by atoms with Gasteiger partial charge in [-0.25, -0.2) is 4.39 Å². The van der Waals surface area contributed by atoms with E-state index >= 15 is 0 Å². The molecule has 1 aromatic heterocycles. The maximum absolute atomic E-state index is 12.8. The van der Waals surface area contributed by atoms with Crippen LogP contribution in [0, 0.1) is 12.7 Å². The van der Waals surface area contributed by atoms with Crippen molar-refractivity contribution >= 4 is 11.6 Å². The fourth-order valence-electron chi connectivity index (χ4n) is 1.54. The molecule has 0 aliphatic carbocycles. The second-order valence-electron chi connectivity index (χ2n) is 3.96. The molecule has 0 atom stereocenters. The maximum atomic E-state index is 12.8. The molecule has 0 unspecified atom stereocenters. The number of furan rings is 1. The molecule has 2 aromatic rings. The number of rotatable bonds is 4. The summed E-state index contributed by atoms with van der Waals surface area (Å²) in [5.74, 6) is -0.115. The molecule has 0 bridgehead atoms. The first-order valence-electron chi connectivity index (χ1n) is 5.63. The monoisotopic (exact) mass is 260 g/mol. The Morgan fingerprint density at radius 2 is 1.89 bits per heavy atom. The first-order valence-corrected chi connectivity index (χ1v) is 5.63. The number of halogens is 1. The number of hydrogen-bond donors (Lipinski definition) is 2. The van der Waals surface area contributed by atoms with Crippen LogP contribution in [0.25, 0.3) is 5.70 Å². The van der Waals surface area contributed by atoms with Crippen molar-refractivity contribution in [3.63, 3.8) is 0 Å². The maximum Gasteiger partial charge on any atom is 0.273 e. The highest BCUT2D eigenvalue weighted by atomic mass is 19.1. The van der Waals surface area contributed by atoms with Crippen LogP contribution in [0.1, 0.15) is 21.7 Å². The van der Waals surface area contributed by atoms with Crippen molar-refractivity contribution in [3.8, 4) is 0 Å². The number of amides is 1. The standard InChI is InChI=1S/C14H13FN2O2/c1-9(11-3-5-12(15)6-4-11)16-17-14(18)13-7-8-19-10(13)2/h3-8,16H,1H2,2H3,(H,17,18). The van der Waals surface area contributed by atoms with Crippen molar-refractivity contribution in [2.45, 2.75) is 6.92 Å². The van der Waals surface area contributed by atoms with Gasteiger partial charge in [-0.1, -0.05) is 6.58 Å². The summed E-state index contributed by atoms with van der Waals surface area (Å²) >= 11 is 0. The molecule has 0 spiro atoms. The van der Waals surface area contributed by atoms with Gasteiger partial charge in [0.1, 0.15) is 11.6 Å². The third kappa shape index (κ3) is 3.01. The zero-order valence-corrected chi connectivity index (χ0v) is 10.4. The zero-order chi connectivity index (χ0) is 13.8. The van der Waals surface area contributed by atoms with Crippen molar-refractivity contribution in [1.82, 2.24) is 10.9 Å². The summed E-state index contributed by atoms with van der Waals surface area (Å²) in [6.45, 7) is 5.46. The van der Waals surface area contributed by atoms with Crippen molar-refractivity contribution in [1.29, 1.82) is 0 Å². The van der Waals surface area contributed by atoms with Gasteiger partial charge in [0, 0.05) is 0 Å². The van der Waals surface area contributed by atoms with E-state index in [1.54, 1.807) is 25.1 Å². The average Bonchev–Trinajstić information content (AvgIpc) is 2.83. The van der Waals surface area contributed by atoms with Crippen LogP contribution in [-0.2, 0) is 0 Å². The van der Waals surface area contributed by atoms with Gasteiger partial charge in [-0.15, -0.1) is 0 Å². The van der Waals surface area contributed by atoms with Gasteiger partial charge in [-0.2, -0.15) is 0 Å². The fraction of sp³-hybridized carbons (Fsp3) is 0.0714. The summed E-state index contributed by atoms with van der Waals surface area (Å²) in [5.41, 5.74) is 6.77. The lowest BCUT2D eigenvalue weighted by Gasteiger charge is -2.10. The van der Waals surface area contributed by atoms with Gasteiger partial charge in [-0.3, -0.25) is 15.6 Å². The van der Waals surface area contributed by atoms with Gasteiger partial charge >= 0.3 is 0 Å². The lowest BCUT2D eigenvalue weighted by Crippen LogP contribution is -2.35. The summed E-state index contributed by atoms with van der Waals surface area (Å²) in [4.78, 5) is 11.8. The Morgan fingerprint density at radius 1 is 1.21 bits per heavy atom. The van der Waals surface area contributed by atoms with Gasteiger partial charge < -0.3 is 4.42 Å². The molecule has 0 saturated heterocycles. The quantitative estimate of drug-likeness (QED) is 0.831. The number of nitrogens with one attached hydrogen (secondary N) is 2. The molecule has 1 amide bonds. The van der Waals surface area contributed by atoms with Gasteiger partial charge in [0.15, 0.2) is 0 Å². The van der Waals surface area contributed by atoms with Gasteiger partial charge in [0.2, 0.25) is 0 Å². The van der Waals surface area contributed by atoms with Crippen LogP contribution in [0.2, 0.25) is 0 Å². The minimum Gasteiger partial charge on any atom is -0.469 e. The van der Waals surface area contributed by atoms with E-state index in [2.05, 4.69) is 17.4 Å². The average molecular weight is 260 g/mol. The van der Waals surface area contributed by atoms with Crippen LogP contribution < -0.4 is 10.9 Å². The molecule has 0 saturated carbocycles. The summed E-state index contributed by atoms with van der Waals surface area (Å²) in [5, 5.41) is 0. The lowest BCUT2D eigenvalue weighted by atomic mass is 10.2. The Kier molecular flexibility index (Phi) is 3.66. The lowest BCUT2D eigenvalue weighted by molar-refractivity contribution is 0.0941. The molecule has 0 radical (unpaired) electrons.